The number of rotatable bonds is 13. The number of unbranched alkanes of at least 4 members (excludes halogenated alkanes) is 7. The average molecular weight is 299 g/mol. The minimum Gasteiger partial charge on any atom is -0.480 e. The number of hydrogen-bond donors (Lipinski definition) is 2. The summed E-state index contributed by atoms with van der Waals surface area (Å²) in [6.45, 7) is 6.13. The minimum absolute atomic E-state index is 0.131. The minimum atomic E-state index is -0.937. The first-order valence-corrected chi connectivity index (χ1v) is 8.49. The maximum absolute atomic E-state index is 11.7. The molecule has 1 amide bonds. The second-order valence-corrected chi connectivity index (χ2v) is 6.31. The third-order valence-corrected chi connectivity index (χ3v) is 3.60. The predicted molar refractivity (Wildman–Crippen MR) is 86.2 cm³/mol. The Bertz CT molecular complexity index is 290. The van der Waals surface area contributed by atoms with E-state index in [1.165, 1.54) is 38.5 Å². The van der Waals surface area contributed by atoms with Crippen molar-refractivity contribution in [2.75, 3.05) is 0 Å². The Balaban J connectivity index is 3.66. The number of carbonyl (C=O) groups excluding carboxylic acids is 1. The van der Waals surface area contributed by atoms with Crippen molar-refractivity contribution in [3.05, 3.63) is 0 Å². The molecule has 0 fully saturated rings. The predicted octanol–water partition coefficient (Wildman–Crippen LogP) is 4.13. The van der Waals surface area contributed by atoms with Gasteiger partial charge in [0, 0.05) is 6.42 Å². The zero-order chi connectivity index (χ0) is 16.1. The van der Waals surface area contributed by atoms with Crippen molar-refractivity contribution in [1.29, 1.82) is 0 Å². The Morgan fingerprint density at radius 3 is 1.95 bits per heavy atom. The first-order chi connectivity index (χ1) is 9.97. The van der Waals surface area contributed by atoms with E-state index in [2.05, 4.69) is 12.2 Å². The molecule has 0 aliphatic carbocycles. The van der Waals surface area contributed by atoms with Crippen LogP contribution in [0.4, 0.5) is 0 Å². The van der Waals surface area contributed by atoms with Crippen molar-refractivity contribution in [2.45, 2.75) is 91.0 Å². The Morgan fingerprint density at radius 1 is 0.952 bits per heavy atom. The molecule has 0 saturated carbocycles. The molecule has 0 aromatic rings. The lowest BCUT2D eigenvalue weighted by molar-refractivity contribution is -0.142. The van der Waals surface area contributed by atoms with Gasteiger partial charge in [0.25, 0.3) is 0 Å². The lowest BCUT2D eigenvalue weighted by atomic mass is 10.0. The van der Waals surface area contributed by atoms with E-state index in [0.717, 1.165) is 12.8 Å². The van der Waals surface area contributed by atoms with Crippen LogP contribution in [0.3, 0.4) is 0 Å². The first-order valence-electron chi connectivity index (χ1n) is 8.49. The third kappa shape index (κ3) is 12.4. The maximum atomic E-state index is 11.7. The van der Waals surface area contributed by atoms with Crippen molar-refractivity contribution in [2.24, 2.45) is 5.92 Å². The molecule has 0 radical (unpaired) electrons. The van der Waals surface area contributed by atoms with E-state index in [0.29, 0.717) is 12.8 Å². The first kappa shape index (κ1) is 19.9. The Hall–Kier alpha value is -1.06. The van der Waals surface area contributed by atoms with Gasteiger partial charge in [0.1, 0.15) is 6.04 Å². The summed E-state index contributed by atoms with van der Waals surface area (Å²) in [6.07, 6.45) is 10.4. The van der Waals surface area contributed by atoms with E-state index >= 15 is 0 Å². The van der Waals surface area contributed by atoms with Crippen LogP contribution in [0.2, 0.25) is 0 Å². The number of amides is 1. The van der Waals surface area contributed by atoms with Crippen LogP contribution in [0.1, 0.15) is 85.0 Å². The van der Waals surface area contributed by atoms with Gasteiger partial charge in [-0.1, -0.05) is 65.7 Å². The molecule has 21 heavy (non-hydrogen) atoms. The van der Waals surface area contributed by atoms with Crippen LogP contribution in [0.25, 0.3) is 0 Å². The summed E-state index contributed by atoms with van der Waals surface area (Å²) < 4.78 is 0. The number of carbonyl (C=O) groups is 2. The monoisotopic (exact) mass is 299 g/mol. The lowest BCUT2D eigenvalue weighted by Gasteiger charge is -2.16. The molecule has 1 atom stereocenters. The van der Waals surface area contributed by atoms with Crippen molar-refractivity contribution in [3.8, 4) is 0 Å². The fraction of sp³-hybridized carbons (Fsp3) is 0.882. The molecule has 0 aliphatic heterocycles. The molecular weight excluding hydrogens is 266 g/mol. The summed E-state index contributed by atoms with van der Waals surface area (Å²) in [5, 5.41) is 11.7. The topological polar surface area (TPSA) is 66.4 Å². The van der Waals surface area contributed by atoms with Crippen molar-refractivity contribution in [3.63, 3.8) is 0 Å². The number of hydrogen-bond acceptors (Lipinski definition) is 2. The van der Waals surface area contributed by atoms with Gasteiger partial charge in [-0.15, -0.1) is 0 Å². The van der Waals surface area contributed by atoms with Gasteiger partial charge >= 0.3 is 5.97 Å². The van der Waals surface area contributed by atoms with E-state index in [9.17, 15) is 9.59 Å². The summed E-state index contributed by atoms with van der Waals surface area (Å²) >= 11 is 0. The van der Waals surface area contributed by atoms with Gasteiger partial charge in [0.15, 0.2) is 0 Å². The molecule has 2 N–H and O–H groups in total. The maximum Gasteiger partial charge on any atom is 0.326 e. The summed E-state index contributed by atoms with van der Waals surface area (Å²) in [7, 11) is 0. The Morgan fingerprint density at radius 2 is 1.48 bits per heavy atom. The fourth-order valence-corrected chi connectivity index (χ4v) is 2.38. The van der Waals surface area contributed by atoms with Gasteiger partial charge in [-0.05, 0) is 18.8 Å². The highest BCUT2D eigenvalue weighted by Crippen LogP contribution is 2.10. The lowest BCUT2D eigenvalue weighted by Crippen LogP contribution is -2.41. The van der Waals surface area contributed by atoms with Crippen LogP contribution in [0, 0.1) is 5.92 Å². The van der Waals surface area contributed by atoms with Gasteiger partial charge in [-0.25, -0.2) is 4.79 Å². The summed E-state index contributed by atoms with van der Waals surface area (Å²) in [5.41, 5.74) is 0. The molecule has 0 heterocycles. The largest absolute Gasteiger partial charge is 0.480 e. The molecule has 0 spiro atoms. The molecule has 4 heteroatoms. The highest BCUT2D eigenvalue weighted by Gasteiger charge is 2.20. The Labute approximate surface area is 129 Å². The third-order valence-electron chi connectivity index (χ3n) is 3.60. The van der Waals surface area contributed by atoms with E-state index in [-0.39, 0.29) is 11.8 Å². The average Bonchev–Trinajstić information content (AvgIpc) is 2.40. The summed E-state index contributed by atoms with van der Waals surface area (Å²) in [4.78, 5) is 22.8. The standard InChI is InChI=1S/C17H33NO3/c1-4-5-6-7-8-9-10-11-12-16(19)18-15(17(20)21)13-14(2)3/h14-15H,4-13H2,1-3H3,(H,18,19)(H,20,21)/t15-/m0/s1. The second-order valence-electron chi connectivity index (χ2n) is 6.31. The van der Waals surface area contributed by atoms with Crippen molar-refractivity contribution < 1.29 is 14.7 Å². The van der Waals surface area contributed by atoms with Gasteiger partial charge in [-0.2, -0.15) is 0 Å². The van der Waals surface area contributed by atoms with Crippen molar-refractivity contribution in [1.82, 2.24) is 5.32 Å². The van der Waals surface area contributed by atoms with Gasteiger partial charge < -0.3 is 10.4 Å². The van der Waals surface area contributed by atoms with E-state index < -0.39 is 12.0 Å². The summed E-state index contributed by atoms with van der Waals surface area (Å²) in [6, 6.07) is -0.744. The normalized spacial score (nSPS) is 12.4. The molecule has 124 valence electrons. The van der Waals surface area contributed by atoms with Gasteiger partial charge in [-0.3, -0.25) is 4.79 Å². The van der Waals surface area contributed by atoms with Crippen LogP contribution in [-0.4, -0.2) is 23.0 Å². The number of carboxylic acid groups (broad SMARTS) is 1. The number of carboxylic acids is 1. The van der Waals surface area contributed by atoms with Crippen LogP contribution >= 0.6 is 0 Å². The van der Waals surface area contributed by atoms with Gasteiger partial charge in [0.05, 0.1) is 0 Å². The fourth-order valence-electron chi connectivity index (χ4n) is 2.38. The summed E-state index contributed by atoms with van der Waals surface area (Å²) in [5.74, 6) is -0.809. The van der Waals surface area contributed by atoms with Crippen molar-refractivity contribution >= 4 is 11.9 Å². The molecule has 0 saturated heterocycles. The van der Waals surface area contributed by atoms with Gasteiger partial charge in [0.2, 0.25) is 5.91 Å². The molecule has 0 rings (SSSR count). The molecule has 4 nitrogen and oxygen atoms in total. The molecule has 0 aromatic carbocycles. The van der Waals surface area contributed by atoms with Crippen LogP contribution in [0.5, 0.6) is 0 Å². The SMILES string of the molecule is CCCCCCCCCCC(=O)N[C@@H](CC(C)C)C(=O)O. The molecule has 0 aliphatic rings. The van der Waals surface area contributed by atoms with E-state index in [1.807, 2.05) is 13.8 Å². The van der Waals surface area contributed by atoms with Crippen LogP contribution in [-0.2, 0) is 9.59 Å². The van der Waals surface area contributed by atoms with Crippen LogP contribution in [0.15, 0.2) is 0 Å². The molecule has 0 bridgehead atoms. The quantitative estimate of drug-likeness (QED) is 0.502. The highest BCUT2D eigenvalue weighted by atomic mass is 16.4. The smallest absolute Gasteiger partial charge is 0.326 e. The van der Waals surface area contributed by atoms with E-state index in [1.54, 1.807) is 0 Å². The molecule has 0 unspecified atom stereocenters. The molecular formula is C17H33NO3. The zero-order valence-corrected chi connectivity index (χ0v) is 14.0. The number of aliphatic carboxylic acids is 1. The van der Waals surface area contributed by atoms with Crippen LogP contribution < -0.4 is 5.32 Å². The Kier molecular flexibility index (Phi) is 12.0. The number of nitrogens with one attached hydrogen (secondary N) is 1. The highest BCUT2D eigenvalue weighted by molar-refractivity contribution is 5.83. The zero-order valence-electron chi connectivity index (χ0n) is 14.0. The molecule has 0 aromatic heterocycles. The second kappa shape index (κ2) is 12.7. The van der Waals surface area contributed by atoms with E-state index in [4.69, 9.17) is 5.11 Å².